The van der Waals surface area contributed by atoms with Gasteiger partial charge in [0.2, 0.25) is 0 Å². The Kier molecular flexibility index (Phi) is 6.67. The highest BCUT2D eigenvalue weighted by Crippen LogP contribution is 2.25. The molecule has 0 spiro atoms. The summed E-state index contributed by atoms with van der Waals surface area (Å²) >= 11 is 1.46. The highest BCUT2D eigenvalue weighted by atomic mass is 32.2. The number of anilines is 1. The minimum absolute atomic E-state index is 0.253. The molecule has 0 aliphatic heterocycles. The summed E-state index contributed by atoms with van der Waals surface area (Å²) in [4.78, 5) is 28.4. The molecule has 6 nitrogen and oxygen atoms in total. The van der Waals surface area contributed by atoms with Crippen LogP contribution in [0, 0.1) is 0 Å². The second kappa shape index (κ2) is 8.03. The molecular formula is C15H22N2O4S. The molecule has 0 fully saturated rings. The Hall–Kier alpha value is -1.76. The van der Waals surface area contributed by atoms with Crippen LogP contribution in [0.15, 0.2) is 17.2 Å². The summed E-state index contributed by atoms with van der Waals surface area (Å²) in [7, 11) is 0. The molecular weight excluding hydrogens is 304 g/mol. The van der Waals surface area contributed by atoms with E-state index in [1.807, 2.05) is 6.92 Å². The van der Waals surface area contributed by atoms with E-state index in [4.69, 9.17) is 9.47 Å². The molecule has 1 heterocycles. The molecule has 1 rings (SSSR count). The maximum atomic E-state index is 11.9. The monoisotopic (exact) mass is 326 g/mol. The Morgan fingerprint density at radius 3 is 2.55 bits per heavy atom. The van der Waals surface area contributed by atoms with Gasteiger partial charge in [0, 0.05) is 4.90 Å². The van der Waals surface area contributed by atoms with Gasteiger partial charge in [-0.05, 0) is 39.5 Å². The largest absolute Gasteiger partial charge is 0.461 e. The maximum absolute atomic E-state index is 11.9. The van der Waals surface area contributed by atoms with E-state index in [9.17, 15) is 9.59 Å². The maximum Gasteiger partial charge on any atom is 0.412 e. The summed E-state index contributed by atoms with van der Waals surface area (Å²) in [5, 5.41) is 2.61. The van der Waals surface area contributed by atoms with Crippen LogP contribution >= 0.6 is 11.8 Å². The summed E-state index contributed by atoms with van der Waals surface area (Å²) < 4.78 is 10.2. The van der Waals surface area contributed by atoms with Crippen molar-refractivity contribution in [1.82, 2.24) is 4.98 Å². The first-order chi connectivity index (χ1) is 10.3. The number of ether oxygens (including phenoxy) is 2. The molecule has 0 saturated carbocycles. The van der Waals surface area contributed by atoms with Crippen LogP contribution < -0.4 is 5.32 Å². The van der Waals surface area contributed by atoms with Gasteiger partial charge in [0.05, 0.1) is 18.5 Å². The number of thioether (sulfide) groups is 1. The number of pyridine rings is 1. The number of nitrogens with zero attached hydrogens (tertiary/aromatic N) is 1. The third kappa shape index (κ3) is 5.93. The van der Waals surface area contributed by atoms with Gasteiger partial charge in [-0.2, -0.15) is 0 Å². The minimum atomic E-state index is -0.580. The fourth-order valence-corrected chi connectivity index (χ4v) is 2.35. The molecule has 0 unspecified atom stereocenters. The number of carbonyl (C=O) groups is 2. The summed E-state index contributed by atoms with van der Waals surface area (Å²) in [6.45, 7) is 9.35. The Labute approximate surface area is 135 Å². The lowest BCUT2D eigenvalue weighted by Gasteiger charge is -2.19. The number of carbonyl (C=O) groups excluding carboxylic acids is 2. The van der Waals surface area contributed by atoms with Crippen molar-refractivity contribution >= 4 is 29.5 Å². The van der Waals surface area contributed by atoms with Gasteiger partial charge in [-0.3, -0.25) is 5.32 Å². The molecule has 0 aliphatic rings. The SMILES string of the molecule is CCOC(=O)c1ncc(NC(=O)OC(C)(C)C)cc1SCC. The quantitative estimate of drug-likeness (QED) is 0.656. The van der Waals surface area contributed by atoms with Gasteiger partial charge in [0.1, 0.15) is 5.60 Å². The first-order valence-corrected chi connectivity index (χ1v) is 8.05. The average Bonchev–Trinajstić information content (AvgIpc) is 2.37. The predicted octanol–water partition coefficient (Wildman–Crippen LogP) is 3.72. The van der Waals surface area contributed by atoms with Crippen LogP contribution in [0.4, 0.5) is 10.5 Å². The van der Waals surface area contributed by atoms with Gasteiger partial charge >= 0.3 is 12.1 Å². The number of aromatic nitrogens is 1. The molecule has 0 radical (unpaired) electrons. The second-order valence-electron chi connectivity index (χ2n) is 5.35. The zero-order valence-electron chi connectivity index (χ0n) is 13.6. The minimum Gasteiger partial charge on any atom is -0.461 e. The van der Waals surface area contributed by atoms with Crippen LogP contribution in [0.1, 0.15) is 45.1 Å². The fraction of sp³-hybridized carbons (Fsp3) is 0.533. The molecule has 1 N–H and O–H groups in total. The Bertz CT molecular complexity index is 541. The van der Waals surface area contributed by atoms with Gasteiger partial charge in [0.15, 0.2) is 5.69 Å². The lowest BCUT2D eigenvalue weighted by atomic mass is 10.2. The van der Waals surface area contributed by atoms with Crippen molar-refractivity contribution < 1.29 is 19.1 Å². The standard InChI is InChI=1S/C15H22N2O4S/c1-6-20-13(18)12-11(22-7-2)8-10(9-16-12)17-14(19)21-15(3,4)5/h8-9H,6-7H2,1-5H3,(H,17,19). The fourth-order valence-electron chi connectivity index (χ4n) is 1.55. The van der Waals surface area contributed by atoms with Gasteiger partial charge in [-0.1, -0.05) is 6.92 Å². The highest BCUT2D eigenvalue weighted by molar-refractivity contribution is 7.99. The van der Waals surface area contributed by atoms with Crippen molar-refractivity contribution in [2.45, 2.75) is 45.1 Å². The van der Waals surface area contributed by atoms with E-state index in [1.54, 1.807) is 33.8 Å². The Balaban J connectivity index is 2.92. The van der Waals surface area contributed by atoms with Crippen LogP contribution in [-0.4, -0.2) is 35.0 Å². The summed E-state index contributed by atoms with van der Waals surface area (Å²) in [5.74, 6) is 0.298. The molecule has 7 heteroatoms. The second-order valence-corrected chi connectivity index (χ2v) is 6.66. The molecule has 1 aromatic rings. The van der Waals surface area contributed by atoms with Crippen LogP contribution in [0.5, 0.6) is 0 Å². The van der Waals surface area contributed by atoms with Crippen molar-refractivity contribution in [1.29, 1.82) is 0 Å². The zero-order chi connectivity index (χ0) is 16.8. The number of hydrogen-bond donors (Lipinski definition) is 1. The lowest BCUT2D eigenvalue weighted by molar-refractivity contribution is 0.0514. The van der Waals surface area contributed by atoms with E-state index in [1.165, 1.54) is 18.0 Å². The number of rotatable bonds is 5. The van der Waals surface area contributed by atoms with Crippen LogP contribution in [0.25, 0.3) is 0 Å². The van der Waals surface area contributed by atoms with E-state index in [2.05, 4.69) is 10.3 Å². The average molecular weight is 326 g/mol. The molecule has 122 valence electrons. The number of hydrogen-bond acceptors (Lipinski definition) is 6. The first-order valence-electron chi connectivity index (χ1n) is 7.06. The lowest BCUT2D eigenvalue weighted by Crippen LogP contribution is -2.27. The smallest absolute Gasteiger partial charge is 0.412 e. The molecule has 0 atom stereocenters. The molecule has 0 aliphatic carbocycles. The van der Waals surface area contributed by atoms with Crippen molar-refractivity contribution in [3.8, 4) is 0 Å². The van der Waals surface area contributed by atoms with Crippen molar-refractivity contribution in [3.05, 3.63) is 18.0 Å². The van der Waals surface area contributed by atoms with Crippen LogP contribution in [-0.2, 0) is 9.47 Å². The first kappa shape index (κ1) is 18.3. The van der Waals surface area contributed by atoms with Crippen molar-refractivity contribution in [3.63, 3.8) is 0 Å². The van der Waals surface area contributed by atoms with E-state index in [-0.39, 0.29) is 12.3 Å². The van der Waals surface area contributed by atoms with E-state index in [0.717, 1.165) is 5.75 Å². The Morgan fingerprint density at radius 2 is 2.00 bits per heavy atom. The predicted molar refractivity (Wildman–Crippen MR) is 86.4 cm³/mol. The summed E-state index contributed by atoms with van der Waals surface area (Å²) in [6.07, 6.45) is 0.848. The van der Waals surface area contributed by atoms with E-state index in [0.29, 0.717) is 10.6 Å². The molecule has 1 aromatic heterocycles. The zero-order valence-corrected chi connectivity index (χ0v) is 14.4. The molecule has 0 aromatic carbocycles. The molecule has 22 heavy (non-hydrogen) atoms. The third-order valence-electron chi connectivity index (χ3n) is 2.27. The van der Waals surface area contributed by atoms with Gasteiger partial charge in [0.25, 0.3) is 0 Å². The normalized spacial score (nSPS) is 11.0. The topological polar surface area (TPSA) is 77.5 Å². The number of nitrogens with one attached hydrogen (secondary N) is 1. The molecule has 0 bridgehead atoms. The van der Waals surface area contributed by atoms with Crippen molar-refractivity contribution in [2.24, 2.45) is 0 Å². The number of amides is 1. The molecule has 1 amide bonds. The van der Waals surface area contributed by atoms with Crippen LogP contribution in [0.2, 0.25) is 0 Å². The highest BCUT2D eigenvalue weighted by Gasteiger charge is 2.19. The van der Waals surface area contributed by atoms with Crippen LogP contribution in [0.3, 0.4) is 0 Å². The van der Waals surface area contributed by atoms with Gasteiger partial charge < -0.3 is 9.47 Å². The van der Waals surface area contributed by atoms with E-state index < -0.39 is 17.7 Å². The number of esters is 1. The summed E-state index contributed by atoms with van der Waals surface area (Å²) in [5.41, 5.74) is 0.144. The molecule has 0 saturated heterocycles. The van der Waals surface area contributed by atoms with Crippen molar-refractivity contribution in [2.75, 3.05) is 17.7 Å². The Morgan fingerprint density at radius 1 is 1.32 bits per heavy atom. The van der Waals surface area contributed by atoms with Gasteiger partial charge in [-0.15, -0.1) is 11.8 Å². The summed E-state index contributed by atoms with van der Waals surface area (Å²) in [6, 6.07) is 1.69. The van der Waals surface area contributed by atoms with E-state index >= 15 is 0 Å². The van der Waals surface area contributed by atoms with Gasteiger partial charge in [-0.25, -0.2) is 14.6 Å². The third-order valence-corrected chi connectivity index (χ3v) is 3.18.